The van der Waals surface area contributed by atoms with Crippen LogP contribution < -0.4 is 18.9 Å². The fraction of sp³-hybridized carbons (Fsp3) is 0.300. The monoisotopic (exact) mass is 342 g/mol. The van der Waals surface area contributed by atoms with Crippen molar-refractivity contribution in [2.75, 3.05) is 28.4 Å². The Hall–Kier alpha value is -2.82. The van der Waals surface area contributed by atoms with Crippen LogP contribution in [0.15, 0.2) is 24.3 Å². The van der Waals surface area contributed by atoms with Gasteiger partial charge in [-0.25, -0.2) is 0 Å². The van der Waals surface area contributed by atoms with Crippen molar-refractivity contribution in [1.29, 1.82) is 0 Å². The van der Waals surface area contributed by atoms with Gasteiger partial charge in [0.15, 0.2) is 11.5 Å². The molecule has 0 spiro atoms. The van der Waals surface area contributed by atoms with Gasteiger partial charge in [0.25, 0.3) is 0 Å². The summed E-state index contributed by atoms with van der Waals surface area (Å²) in [6, 6.07) is 7.32. The second-order valence-electron chi connectivity index (χ2n) is 5.77. The first-order valence-corrected chi connectivity index (χ1v) is 8.02. The van der Waals surface area contributed by atoms with Crippen molar-refractivity contribution in [3.63, 3.8) is 0 Å². The number of phenols is 1. The first kappa shape index (κ1) is 17.0. The highest BCUT2D eigenvalue weighted by Gasteiger charge is 2.23. The standard InChI is InChI=1S/C20H22O5/c1-22-14-7-8-15(17(21)11-14)12-5-6-13-10-18(23-2)20(25-4)19(24-3)16(13)9-12/h7-11,21H,5-6H2,1-4H3. The molecule has 1 aliphatic rings. The largest absolute Gasteiger partial charge is 0.507 e. The fourth-order valence-electron chi connectivity index (χ4n) is 3.23. The number of phenolic OH excluding ortho intramolecular Hbond substituents is 1. The molecule has 0 aliphatic heterocycles. The summed E-state index contributed by atoms with van der Waals surface area (Å²) in [5.74, 6) is 2.69. The molecule has 0 unspecified atom stereocenters. The molecule has 2 aromatic rings. The zero-order valence-corrected chi connectivity index (χ0v) is 14.9. The zero-order chi connectivity index (χ0) is 18.0. The zero-order valence-electron chi connectivity index (χ0n) is 14.9. The summed E-state index contributed by atoms with van der Waals surface area (Å²) in [4.78, 5) is 0. The minimum Gasteiger partial charge on any atom is -0.507 e. The molecule has 1 aliphatic carbocycles. The van der Waals surface area contributed by atoms with Crippen LogP contribution in [-0.2, 0) is 6.42 Å². The molecule has 0 bridgehead atoms. The molecule has 3 rings (SSSR count). The van der Waals surface area contributed by atoms with Crippen LogP contribution in [0.25, 0.3) is 11.6 Å². The summed E-state index contributed by atoms with van der Waals surface area (Å²) in [5, 5.41) is 10.3. The fourth-order valence-corrected chi connectivity index (χ4v) is 3.23. The van der Waals surface area contributed by atoms with Crippen molar-refractivity contribution >= 4 is 11.6 Å². The van der Waals surface area contributed by atoms with E-state index in [-0.39, 0.29) is 5.75 Å². The molecular formula is C20H22O5. The Labute approximate surface area is 147 Å². The lowest BCUT2D eigenvalue weighted by Gasteiger charge is -2.23. The van der Waals surface area contributed by atoms with Crippen molar-refractivity contribution in [2.24, 2.45) is 0 Å². The van der Waals surface area contributed by atoms with Gasteiger partial charge in [0.1, 0.15) is 11.5 Å². The Morgan fingerprint density at radius 1 is 0.840 bits per heavy atom. The van der Waals surface area contributed by atoms with Crippen LogP contribution >= 0.6 is 0 Å². The molecule has 5 nitrogen and oxygen atoms in total. The van der Waals surface area contributed by atoms with Crippen LogP contribution in [0.3, 0.4) is 0 Å². The first-order valence-electron chi connectivity index (χ1n) is 8.02. The molecule has 25 heavy (non-hydrogen) atoms. The predicted molar refractivity (Wildman–Crippen MR) is 96.9 cm³/mol. The molecular weight excluding hydrogens is 320 g/mol. The first-order chi connectivity index (χ1) is 12.1. The molecule has 2 aromatic carbocycles. The van der Waals surface area contributed by atoms with Gasteiger partial charge in [-0.3, -0.25) is 0 Å². The number of methoxy groups -OCH3 is 4. The van der Waals surface area contributed by atoms with Gasteiger partial charge in [-0.1, -0.05) is 0 Å². The Morgan fingerprint density at radius 3 is 2.20 bits per heavy atom. The van der Waals surface area contributed by atoms with Crippen LogP contribution in [0.1, 0.15) is 23.1 Å². The number of hydrogen-bond acceptors (Lipinski definition) is 5. The molecule has 1 N–H and O–H groups in total. The molecule has 0 radical (unpaired) electrons. The summed E-state index contributed by atoms with van der Waals surface area (Å²) >= 11 is 0. The molecule has 0 fully saturated rings. The number of rotatable bonds is 5. The van der Waals surface area contributed by atoms with Gasteiger partial charge in [0.2, 0.25) is 5.75 Å². The normalized spacial score (nSPS) is 12.9. The van der Waals surface area contributed by atoms with Crippen LogP contribution in [-0.4, -0.2) is 33.5 Å². The highest BCUT2D eigenvalue weighted by Crippen LogP contribution is 2.46. The molecule has 5 heteroatoms. The maximum Gasteiger partial charge on any atom is 0.203 e. The lowest BCUT2D eigenvalue weighted by Crippen LogP contribution is -2.05. The van der Waals surface area contributed by atoms with Gasteiger partial charge in [0, 0.05) is 17.2 Å². The van der Waals surface area contributed by atoms with E-state index in [1.807, 2.05) is 24.3 Å². The minimum absolute atomic E-state index is 0.202. The van der Waals surface area contributed by atoms with Gasteiger partial charge < -0.3 is 24.1 Å². The molecule has 0 atom stereocenters. The van der Waals surface area contributed by atoms with E-state index < -0.39 is 0 Å². The number of fused-ring (bicyclic) bond motifs is 1. The smallest absolute Gasteiger partial charge is 0.203 e. The third-order valence-electron chi connectivity index (χ3n) is 4.49. The lowest BCUT2D eigenvalue weighted by molar-refractivity contribution is 0.323. The van der Waals surface area contributed by atoms with Crippen molar-refractivity contribution < 1.29 is 24.1 Å². The maximum atomic E-state index is 10.3. The minimum atomic E-state index is 0.202. The van der Waals surface area contributed by atoms with Gasteiger partial charge in [0.05, 0.1) is 28.4 Å². The number of ether oxygens (including phenoxy) is 4. The average molecular weight is 342 g/mol. The van der Waals surface area contributed by atoms with E-state index in [2.05, 4.69) is 0 Å². The molecule has 0 amide bonds. The second kappa shape index (κ2) is 6.97. The summed E-state index contributed by atoms with van der Waals surface area (Å²) < 4.78 is 21.6. The van der Waals surface area contributed by atoms with E-state index in [4.69, 9.17) is 18.9 Å². The highest BCUT2D eigenvalue weighted by atomic mass is 16.5. The Balaban J connectivity index is 2.13. The van der Waals surface area contributed by atoms with Gasteiger partial charge in [-0.05, 0) is 48.3 Å². The molecule has 0 saturated heterocycles. The number of benzene rings is 2. The number of aryl methyl sites for hydroxylation is 1. The summed E-state index contributed by atoms with van der Waals surface area (Å²) in [5.41, 5.74) is 3.92. The number of hydrogen-bond donors (Lipinski definition) is 1. The summed E-state index contributed by atoms with van der Waals surface area (Å²) in [6.07, 6.45) is 3.68. The van der Waals surface area contributed by atoms with Crippen molar-refractivity contribution in [1.82, 2.24) is 0 Å². The Bertz CT molecular complexity index is 823. The third kappa shape index (κ3) is 2.97. The summed E-state index contributed by atoms with van der Waals surface area (Å²) in [7, 11) is 6.40. The van der Waals surface area contributed by atoms with Crippen molar-refractivity contribution in [3.05, 3.63) is 41.0 Å². The molecule has 132 valence electrons. The quantitative estimate of drug-likeness (QED) is 0.893. The number of allylic oxidation sites excluding steroid dienone is 1. The van der Waals surface area contributed by atoms with Crippen LogP contribution in [0.5, 0.6) is 28.7 Å². The summed E-state index contributed by atoms with van der Waals surface area (Å²) in [6.45, 7) is 0. The number of aromatic hydroxyl groups is 1. The van der Waals surface area contributed by atoms with Gasteiger partial charge >= 0.3 is 0 Å². The molecule has 0 aromatic heterocycles. The third-order valence-corrected chi connectivity index (χ3v) is 4.49. The molecule has 0 saturated carbocycles. The molecule has 0 heterocycles. The average Bonchev–Trinajstić information content (AvgIpc) is 2.65. The second-order valence-corrected chi connectivity index (χ2v) is 5.77. The van der Waals surface area contributed by atoms with Crippen molar-refractivity contribution in [3.8, 4) is 28.7 Å². The highest BCUT2D eigenvalue weighted by molar-refractivity contribution is 5.89. The Morgan fingerprint density at radius 2 is 1.60 bits per heavy atom. The predicted octanol–water partition coefficient (Wildman–Crippen LogP) is 3.91. The topological polar surface area (TPSA) is 57.2 Å². The van der Waals surface area contributed by atoms with E-state index in [1.165, 1.54) is 0 Å². The van der Waals surface area contributed by atoms with Crippen molar-refractivity contribution in [2.45, 2.75) is 12.8 Å². The Kier molecular flexibility index (Phi) is 4.74. The maximum absolute atomic E-state index is 10.3. The van der Waals surface area contributed by atoms with Crippen LogP contribution in [0, 0.1) is 0 Å². The van der Waals surface area contributed by atoms with Crippen LogP contribution in [0.2, 0.25) is 0 Å². The van der Waals surface area contributed by atoms with Gasteiger partial charge in [-0.15, -0.1) is 0 Å². The van der Waals surface area contributed by atoms with E-state index in [0.29, 0.717) is 23.0 Å². The van der Waals surface area contributed by atoms with E-state index >= 15 is 0 Å². The van der Waals surface area contributed by atoms with E-state index in [9.17, 15) is 5.11 Å². The van der Waals surface area contributed by atoms with Gasteiger partial charge in [-0.2, -0.15) is 0 Å². The van der Waals surface area contributed by atoms with Crippen LogP contribution in [0.4, 0.5) is 0 Å². The van der Waals surface area contributed by atoms with E-state index in [1.54, 1.807) is 34.5 Å². The van der Waals surface area contributed by atoms with E-state index in [0.717, 1.165) is 35.1 Å². The lowest BCUT2D eigenvalue weighted by atomic mass is 9.87. The SMILES string of the molecule is COc1ccc(C2=Cc3c(cc(OC)c(OC)c3OC)CC2)c(O)c1.